The van der Waals surface area contributed by atoms with Gasteiger partial charge in [0.25, 0.3) is 15.9 Å². The molecule has 0 bridgehead atoms. The molecule has 3 aromatic rings. The number of amides is 1. The van der Waals surface area contributed by atoms with Gasteiger partial charge in [0.05, 0.1) is 10.6 Å². The molecular weight excluding hydrogens is 366 g/mol. The van der Waals surface area contributed by atoms with E-state index in [1.807, 2.05) is 24.3 Å². The van der Waals surface area contributed by atoms with Crippen LogP contribution < -0.4 is 9.62 Å². The lowest BCUT2D eigenvalue weighted by atomic mass is 10.2. The molecule has 0 spiro atoms. The summed E-state index contributed by atoms with van der Waals surface area (Å²) in [5.41, 5.74) is 2.38. The topological polar surface area (TPSA) is 92.5 Å². The van der Waals surface area contributed by atoms with Crippen LogP contribution in [0.2, 0.25) is 0 Å². The van der Waals surface area contributed by atoms with Gasteiger partial charge in [-0.3, -0.25) is 9.10 Å². The van der Waals surface area contributed by atoms with Crippen molar-refractivity contribution >= 4 is 27.3 Å². The Bertz CT molecular complexity index is 1100. The molecule has 1 N–H and O–H groups in total. The second-order valence-corrected chi connectivity index (χ2v) is 8.12. The summed E-state index contributed by atoms with van der Waals surface area (Å²) in [5, 5.41) is 6.32. The van der Waals surface area contributed by atoms with Gasteiger partial charge in [-0.2, -0.15) is 0 Å². The first-order valence-electron chi connectivity index (χ1n) is 8.40. The molecule has 0 saturated carbocycles. The third-order valence-electron chi connectivity index (χ3n) is 4.41. The highest BCUT2D eigenvalue weighted by molar-refractivity contribution is 7.92. The van der Waals surface area contributed by atoms with Crippen molar-refractivity contribution in [2.45, 2.75) is 18.2 Å². The number of sulfonamides is 1. The highest BCUT2D eigenvalue weighted by Gasteiger charge is 2.30. The summed E-state index contributed by atoms with van der Waals surface area (Å²) >= 11 is 0. The van der Waals surface area contributed by atoms with E-state index in [-0.39, 0.29) is 10.6 Å². The van der Waals surface area contributed by atoms with Gasteiger partial charge < -0.3 is 9.84 Å². The van der Waals surface area contributed by atoms with Crippen molar-refractivity contribution in [3.8, 4) is 0 Å². The van der Waals surface area contributed by atoms with E-state index in [4.69, 9.17) is 4.52 Å². The molecule has 138 valence electrons. The van der Waals surface area contributed by atoms with Crippen molar-refractivity contribution in [2.24, 2.45) is 0 Å². The summed E-state index contributed by atoms with van der Waals surface area (Å²) < 4.78 is 32.2. The Morgan fingerprint density at radius 2 is 1.89 bits per heavy atom. The third kappa shape index (κ3) is 3.19. The lowest BCUT2D eigenvalue weighted by Crippen LogP contribution is -2.29. The second-order valence-electron chi connectivity index (χ2n) is 6.26. The van der Waals surface area contributed by atoms with E-state index < -0.39 is 15.9 Å². The maximum atomic E-state index is 13.0. The summed E-state index contributed by atoms with van der Waals surface area (Å²) in [6, 6.07) is 15.1. The van der Waals surface area contributed by atoms with Gasteiger partial charge in [-0.05, 0) is 49.2 Å². The Hall–Kier alpha value is -3.13. The van der Waals surface area contributed by atoms with Gasteiger partial charge in [0.1, 0.15) is 5.76 Å². The lowest BCUT2D eigenvalue weighted by Gasteiger charge is -2.19. The number of carbonyl (C=O) groups is 1. The zero-order valence-corrected chi connectivity index (χ0v) is 15.4. The minimum Gasteiger partial charge on any atom is -0.361 e. The summed E-state index contributed by atoms with van der Waals surface area (Å²) in [5.74, 6) is 0.114. The van der Waals surface area contributed by atoms with E-state index in [9.17, 15) is 13.2 Å². The molecular formula is C19H17N3O4S. The van der Waals surface area contributed by atoms with Gasteiger partial charge in [0, 0.05) is 18.3 Å². The molecule has 27 heavy (non-hydrogen) atoms. The minimum absolute atomic E-state index is 0.165. The summed E-state index contributed by atoms with van der Waals surface area (Å²) in [6.07, 6.45) is 0.695. The molecule has 0 atom stereocenters. The average molecular weight is 383 g/mol. The number of rotatable bonds is 4. The molecule has 0 unspecified atom stereocenters. The number of nitrogens with zero attached hydrogens (tertiary/aromatic N) is 2. The average Bonchev–Trinajstić information content (AvgIpc) is 3.29. The smallest absolute Gasteiger partial charge is 0.277 e. The zero-order valence-electron chi connectivity index (χ0n) is 14.5. The van der Waals surface area contributed by atoms with Crippen LogP contribution in [0.4, 0.5) is 11.4 Å². The number of nitrogens with one attached hydrogen (secondary N) is 1. The largest absolute Gasteiger partial charge is 0.361 e. The lowest BCUT2D eigenvalue weighted by molar-refractivity contribution is 0.101. The number of fused-ring (bicyclic) bond motifs is 1. The van der Waals surface area contributed by atoms with Gasteiger partial charge in [-0.15, -0.1) is 0 Å². The van der Waals surface area contributed by atoms with Gasteiger partial charge >= 0.3 is 0 Å². The Morgan fingerprint density at radius 1 is 1.15 bits per heavy atom. The number of para-hydroxylation sites is 1. The van der Waals surface area contributed by atoms with Crippen molar-refractivity contribution in [1.29, 1.82) is 0 Å². The molecule has 0 fully saturated rings. The molecule has 8 heteroatoms. The first-order valence-corrected chi connectivity index (χ1v) is 9.84. The summed E-state index contributed by atoms with van der Waals surface area (Å²) in [4.78, 5) is 12.3. The van der Waals surface area contributed by atoms with Gasteiger partial charge in [0.15, 0.2) is 5.69 Å². The highest BCUT2D eigenvalue weighted by atomic mass is 32.2. The number of hydrogen-bond acceptors (Lipinski definition) is 5. The minimum atomic E-state index is -3.65. The number of aromatic nitrogens is 1. The molecule has 2 heterocycles. The SMILES string of the molecule is Cc1cc(C(=O)Nc2ccc(S(=O)(=O)N3CCc4ccccc43)cc2)no1. The maximum Gasteiger partial charge on any atom is 0.277 e. The van der Waals surface area contributed by atoms with Gasteiger partial charge in [-0.1, -0.05) is 23.4 Å². The Morgan fingerprint density at radius 3 is 2.59 bits per heavy atom. The van der Waals surface area contributed by atoms with Crippen molar-refractivity contribution in [3.05, 3.63) is 71.6 Å². The van der Waals surface area contributed by atoms with Crippen LogP contribution >= 0.6 is 0 Å². The fraction of sp³-hybridized carbons (Fsp3) is 0.158. The van der Waals surface area contributed by atoms with E-state index in [0.29, 0.717) is 24.4 Å². The van der Waals surface area contributed by atoms with Crippen molar-refractivity contribution < 1.29 is 17.7 Å². The van der Waals surface area contributed by atoms with Crippen LogP contribution in [0.3, 0.4) is 0 Å². The first-order chi connectivity index (χ1) is 12.9. The molecule has 7 nitrogen and oxygen atoms in total. The van der Waals surface area contributed by atoms with E-state index >= 15 is 0 Å². The number of anilines is 2. The molecule has 1 aliphatic heterocycles. The molecule has 0 aliphatic carbocycles. The van der Waals surface area contributed by atoms with Crippen LogP contribution in [-0.2, 0) is 16.4 Å². The Labute approximate surface area is 156 Å². The predicted octanol–water partition coefficient (Wildman–Crippen LogP) is 2.99. The van der Waals surface area contributed by atoms with E-state index in [1.165, 1.54) is 22.5 Å². The van der Waals surface area contributed by atoms with E-state index in [0.717, 1.165) is 11.3 Å². The van der Waals surface area contributed by atoms with Crippen LogP contribution in [0.15, 0.2) is 64.0 Å². The molecule has 0 radical (unpaired) electrons. The van der Waals surface area contributed by atoms with E-state index in [2.05, 4.69) is 10.5 Å². The van der Waals surface area contributed by atoms with Crippen LogP contribution in [0.1, 0.15) is 21.8 Å². The highest BCUT2D eigenvalue weighted by Crippen LogP contribution is 2.32. The molecule has 2 aromatic carbocycles. The van der Waals surface area contributed by atoms with Crippen molar-refractivity contribution in [3.63, 3.8) is 0 Å². The third-order valence-corrected chi connectivity index (χ3v) is 6.23. The zero-order chi connectivity index (χ0) is 19.0. The van der Waals surface area contributed by atoms with E-state index in [1.54, 1.807) is 19.1 Å². The van der Waals surface area contributed by atoms with Gasteiger partial charge in [0.2, 0.25) is 0 Å². The predicted molar refractivity (Wildman–Crippen MR) is 100 cm³/mol. The molecule has 1 amide bonds. The maximum absolute atomic E-state index is 13.0. The van der Waals surface area contributed by atoms with Gasteiger partial charge in [-0.25, -0.2) is 8.42 Å². The number of aryl methyl sites for hydroxylation is 1. The van der Waals surface area contributed by atoms with Crippen LogP contribution in [0.5, 0.6) is 0 Å². The van der Waals surface area contributed by atoms with Crippen LogP contribution in [-0.4, -0.2) is 26.0 Å². The standard InChI is InChI=1S/C19H17N3O4S/c1-13-12-17(21-26-13)19(23)20-15-6-8-16(9-7-15)27(24,25)22-11-10-14-4-2-3-5-18(14)22/h2-9,12H,10-11H2,1H3,(H,20,23). The Kier molecular flexibility index (Phi) is 4.19. The van der Waals surface area contributed by atoms with Crippen LogP contribution in [0, 0.1) is 6.92 Å². The van der Waals surface area contributed by atoms with Crippen molar-refractivity contribution in [2.75, 3.05) is 16.2 Å². The second kappa shape index (κ2) is 6.55. The fourth-order valence-corrected chi connectivity index (χ4v) is 4.57. The molecule has 1 aromatic heterocycles. The molecule has 1 aliphatic rings. The first kappa shape index (κ1) is 17.3. The Balaban J connectivity index is 1.54. The number of carbonyl (C=O) groups excluding carboxylic acids is 1. The number of benzene rings is 2. The van der Waals surface area contributed by atoms with Crippen LogP contribution in [0.25, 0.3) is 0 Å². The quantitative estimate of drug-likeness (QED) is 0.748. The summed E-state index contributed by atoms with van der Waals surface area (Å²) in [6.45, 7) is 2.12. The fourth-order valence-electron chi connectivity index (χ4n) is 3.06. The van der Waals surface area contributed by atoms with Crippen molar-refractivity contribution in [1.82, 2.24) is 5.16 Å². The monoisotopic (exact) mass is 383 g/mol. The molecule has 4 rings (SSSR count). The number of hydrogen-bond donors (Lipinski definition) is 1. The molecule has 0 saturated heterocycles. The normalized spacial score (nSPS) is 13.4. The summed E-state index contributed by atoms with van der Waals surface area (Å²) in [7, 11) is -3.65.